The summed E-state index contributed by atoms with van der Waals surface area (Å²) in [7, 11) is 0. The van der Waals surface area contributed by atoms with Crippen molar-refractivity contribution in [1.82, 2.24) is 9.55 Å². The van der Waals surface area contributed by atoms with Crippen LogP contribution in [0.25, 0.3) is 38.8 Å². The van der Waals surface area contributed by atoms with Crippen LogP contribution in [0.2, 0.25) is 0 Å². The highest BCUT2D eigenvalue weighted by atomic mass is 15.4. The van der Waals surface area contributed by atoms with Crippen LogP contribution in [0.4, 0.5) is 34.1 Å². The monoisotopic (exact) mass is 706 g/mol. The Morgan fingerprint density at radius 3 is 2.04 bits per heavy atom. The zero-order valence-corrected chi connectivity index (χ0v) is 31.1. The van der Waals surface area contributed by atoms with E-state index in [1.807, 2.05) is 48.7 Å². The van der Waals surface area contributed by atoms with Crippen LogP contribution in [0.1, 0.15) is 54.8 Å². The summed E-state index contributed by atoms with van der Waals surface area (Å²) >= 11 is 0. The molecule has 54 heavy (non-hydrogen) atoms. The standard InChI is InChI=1S/C49H45N5/c1-33(2)40-20-14-21-41(34(3)4)49(40)35-27-28-50-48(29-35)54-44-22-10-9-19-42(44)43-26-25-39(31-47(43)54)53(36-15-7-6-8-16-36)38-18-13-17-37(30-38)52-32-51(5)45-23-11-12-24-46(45)52/h6-31,33-34H,32H2,1-5H3/i5D3. The first kappa shape index (κ1) is 30.2. The summed E-state index contributed by atoms with van der Waals surface area (Å²) in [6.45, 7) is 7.03. The minimum absolute atomic E-state index is 0.225. The molecule has 0 amide bonds. The molecule has 6 aromatic carbocycles. The van der Waals surface area contributed by atoms with Crippen molar-refractivity contribution in [2.24, 2.45) is 0 Å². The van der Waals surface area contributed by atoms with E-state index in [4.69, 9.17) is 9.10 Å². The first-order valence-electron chi connectivity index (χ1n) is 20.3. The van der Waals surface area contributed by atoms with Crippen LogP contribution in [-0.4, -0.2) is 23.2 Å². The summed E-state index contributed by atoms with van der Waals surface area (Å²) in [5.74, 6) is 1.60. The Hall–Kier alpha value is -6.33. The first-order chi connectivity index (χ1) is 27.6. The SMILES string of the molecule is [2H]C([2H])([2H])N1CN(c2cccc(N(c3ccccc3)c3ccc4c5ccccc5n(-c5cc(-c6c(C(C)C)cccc6C(C)C)ccn5)c4c3)c2)c2ccccc21. The number of hydrogen-bond donors (Lipinski definition) is 0. The third-order valence-electron chi connectivity index (χ3n) is 10.7. The number of hydrogen-bond acceptors (Lipinski definition) is 4. The molecule has 0 saturated heterocycles. The zero-order chi connectivity index (χ0) is 39.4. The number of anilines is 6. The Morgan fingerprint density at radius 1 is 0.593 bits per heavy atom. The summed E-state index contributed by atoms with van der Waals surface area (Å²) in [6.07, 6.45) is 1.95. The predicted octanol–water partition coefficient (Wildman–Crippen LogP) is 13.1. The van der Waals surface area contributed by atoms with Gasteiger partial charge in [-0.1, -0.05) is 107 Å². The highest BCUT2D eigenvalue weighted by molar-refractivity contribution is 6.10. The Balaban J connectivity index is 1.21. The maximum Gasteiger partial charge on any atom is 0.138 e. The van der Waals surface area contributed by atoms with Crippen LogP contribution in [0.5, 0.6) is 0 Å². The average Bonchev–Trinajstić information content (AvgIpc) is 3.78. The molecule has 0 N–H and O–H groups in total. The molecule has 5 nitrogen and oxygen atoms in total. The second-order valence-corrected chi connectivity index (χ2v) is 14.8. The van der Waals surface area contributed by atoms with Crippen molar-refractivity contribution in [3.8, 4) is 16.9 Å². The van der Waals surface area contributed by atoms with Crippen molar-refractivity contribution in [2.75, 3.05) is 28.3 Å². The summed E-state index contributed by atoms with van der Waals surface area (Å²) in [4.78, 5) is 10.9. The number of nitrogens with zero attached hydrogens (tertiary/aromatic N) is 5. The smallest absolute Gasteiger partial charge is 0.138 e. The normalized spacial score (nSPS) is 13.8. The van der Waals surface area contributed by atoms with Gasteiger partial charge in [0.05, 0.1) is 29.1 Å². The molecular formula is C49H45N5. The van der Waals surface area contributed by atoms with E-state index in [0.717, 1.165) is 56.1 Å². The molecule has 0 radical (unpaired) electrons. The van der Waals surface area contributed by atoms with Gasteiger partial charge in [-0.25, -0.2) is 4.98 Å². The molecule has 5 heteroatoms. The van der Waals surface area contributed by atoms with E-state index in [1.165, 1.54) is 27.2 Å². The van der Waals surface area contributed by atoms with E-state index in [0.29, 0.717) is 17.5 Å². The molecule has 0 saturated carbocycles. The maximum absolute atomic E-state index is 8.26. The van der Waals surface area contributed by atoms with Crippen LogP contribution in [0, 0.1) is 0 Å². The fourth-order valence-corrected chi connectivity index (χ4v) is 8.18. The van der Waals surface area contributed by atoms with Gasteiger partial charge >= 0.3 is 0 Å². The van der Waals surface area contributed by atoms with E-state index in [-0.39, 0.29) is 6.67 Å². The molecule has 9 rings (SSSR count). The van der Waals surface area contributed by atoms with Crippen LogP contribution in [-0.2, 0) is 0 Å². The molecule has 3 heterocycles. The highest BCUT2D eigenvalue weighted by Crippen LogP contribution is 2.44. The lowest BCUT2D eigenvalue weighted by molar-refractivity contribution is 0.838. The number of pyridine rings is 1. The minimum atomic E-state index is -2.27. The number of fused-ring (bicyclic) bond motifs is 4. The van der Waals surface area contributed by atoms with Crippen molar-refractivity contribution in [3.05, 3.63) is 169 Å². The second-order valence-electron chi connectivity index (χ2n) is 14.8. The zero-order valence-electron chi connectivity index (χ0n) is 34.1. The van der Waals surface area contributed by atoms with E-state index in [2.05, 4.69) is 151 Å². The lowest BCUT2D eigenvalue weighted by atomic mass is 9.85. The van der Waals surface area contributed by atoms with E-state index in [9.17, 15) is 0 Å². The second kappa shape index (κ2) is 13.6. The Kier molecular flexibility index (Phi) is 7.58. The molecule has 0 unspecified atom stereocenters. The largest absolute Gasteiger partial charge is 0.355 e. The van der Waals surface area contributed by atoms with E-state index in [1.54, 1.807) is 0 Å². The molecule has 1 aliphatic rings. The predicted molar refractivity (Wildman–Crippen MR) is 229 cm³/mol. The number of rotatable bonds is 8. The lowest BCUT2D eigenvalue weighted by Gasteiger charge is -2.27. The van der Waals surface area contributed by atoms with Crippen molar-refractivity contribution < 1.29 is 4.11 Å². The van der Waals surface area contributed by atoms with Crippen LogP contribution < -0.4 is 14.7 Å². The van der Waals surface area contributed by atoms with Gasteiger partial charge in [0.25, 0.3) is 0 Å². The van der Waals surface area contributed by atoms with Gasteiger partial charge in [0.15, 0.2) is 0 Å². The molecule has 2 aromatic heterocycles. The molecule has 0 fully saturated rings. The van der Waals surface area contributed by atoms with Crippen molar-refractivity contribution in [1.29, 1.82) is 0 Å². The summed E-state index contributed by atoms with van der Waals surface area (Å²) < 4.78 is 27.1. The first-order valence-corrected chi connectivity index (χ1v) is 18.8. The summed E-state index contributed by atoms with van der Waals surface area (Å²) in [5, 5.41) is 2.31. The van der Waals surface area contributed by atoms with Crippen LogP contribution >= 0.6 is 0 Å². The topological polar surface area (TPSA) is 27.5 Å². The van der Waals surface area contributed by atoms with Gasteiger partial charge in [0.1, 0.15) is 5.82 Å². The molecule has 1 aliphatic heterocycles. The Morgan fingerprint density at radius 2 is 1.26 bits per heavy atom. The van der Waals surface area contributed by atoms with Gasteiger partial charge in [0, 0.05) is 50.8 Å². The quantitative estimate of drug-likeness (QED) is 0.157. The Labute approximate surface area is 322 Å². The lowest BCUT2D eigenvalue weighted by Crippen LogP contribution is -2.24. The van der Waals surface area contributed by atoms with Gasteiger partial charge in [-0.05, 0) is 107 Å². The Bertz CT molecular complexity index is 2730. The van der Waals surface area contributed by atoms with Gasteiger partial charge < -0.3 is 14.7 Å². The number of para-hydroxylation sites is 4. The molecule has 266 valence electrons. The molecule has 0 bridgehead atoms. The van der Waals surface area contributed by atoms with Crippen molar-refractivity contribution in [3.63, 3.8) is 0 Å². The molecule has 0 aliphatic carbocycles. The van der Waals surface area contributed by atoms with Gasteiger partial charge in [-0.2, -0.15) is 0 Å². The van der Waals surface area contributed by atoms with E-state index >= 15 is 0 Å². The minimum Gasteiger partial charge on any atom is -0.355 e. The van der Waals surface area contributed by atoms with Gasteiger partial charge in [-0.15, -0.1) is 0 Å². The summed E-state index contributed by atoms with van der Waals surface area (Å²) in [5.41, 5.74) is 12.7. The third kappa shape index (κ3) is 5.68. The van der Waals surface area contributed by atoms with Crippen LogP contribution in [0.3, 0.4) is 0 Å². The average molecular weight is 707 g/mol. The molecule has 0 atom stereocenters. The van der Waals surface area contributed by atoms with Crippen molar-refractivity contribution in [2.45, 2.75) is 39.5 Å². The van der Waals surface area contributed by atoms with E-state index < -0.39 is 6.98 Å². The van der Waals surface area contributed by atoms with Crippen LogP contribution in [0.15, 0.2) is 158 Å². The molecule has 0 spiro atoms. The summed E-state index contributed by atoms with van der Waals surface area (Å²) in [6, 6.07) is 52.8. The highest BCUT2D eigenvalue weighted by Gasteiger charge is 2.25. The third-order valence-corrected chi connectivity index (χ3v) is 10.7. The van der Waals surface area contributed by atoms with Gasteiger partial charge in [0.2, 0.25) is 0 Å². The fraction of sp³-hybridized carbons (Fsp3) is 0.163. The fourth-order valence-electron chi connectivity index (χ4n) is 8.18. The van der Waals surface area contributed by atoms with Gasteiger partial charge in [-0.3, -0.25) is 4.57 Å². The number of benzene rings is 6. The molecule has 8 aromatic rings. The molecular weight excluding hydrogens is 659 g/mol. The maximum atomic E-state index is 8.26. The van der Waals surface area contributed by atoms with Crippen molar-refractivity contribution >= 4 is 55.9 Å². The number of aromatic nitrogens is 2.